The van der Waals surface area contributed by atoms with Gasteiger partial charge in [0.25, 0.3) is 0 Å². The van der Waals surface area contributed by atoms with Gasteiger partial charge < -0.3 is 10.1 Å². The highest BCUT2D eigenvalue weighted by Crippen LogP contribution is 2.53. The average Bonchev–Trinajstić information content (AvgIpc) is 2.87. The number of carbonyl (C=O) groups excluding carboxylic acids is 1. The molecule has 3 nitrogen and oxygen atoms in total. The molecule has 0 saturated carbocycles. The van der Waals surface area contributed by atoms with Crippen LogP contribution in [0.5, 0.6) is 5.75 Å². The van der Waals surface area contributed by atoms with Gasteiger partial charge in [0.2, 0.25) is 0 Å². The number of halogens is 2. The van der Waals surface area contributed by atoms with Gasteiger partial charge in [-0.2, -0.15) is 0 Å². The first-order chi connectivity index (χ1) is 18.3. The van der Waals surface area contributed by atoms with E-state index in [4.69, 9.17) is 27.9 Å². The van der Waals surface area contributed by atoms with Crippen molar-refractivity contribution in [3.63, 3.8) is 0 Å². The minimum Gasteiger partial charge on any atom is -0.492 e. The van der Waals surface area contributed by atoms with Crippen LogP contribution in [-0.2, 0) is 4.79 Å². The molecule has 0 radical (unpaired) electrons. The van der Waals surface area contributed by atoms with E-state index in [1.165, 1.54) is 31.1 Å². The summed E-state index contributed by atoms with van der Waals surface area (Å²) in [4.78, 5) is 13.8. The third-order valence-corrected chi connectivity index (χ3v) is 8.33. The molecule has 3 aromatic carbocycles. The zero-order chi connectivity index (χ0) is 26.9. The van der Waals surface area contributed by atoms with Crippen LogP contribution in [0.4, 0.5) is 5.69 Å². The van der Waals surface area contributed by atoms with Gasteiger partial charge in [0, 0.05) is 33.8 Å². The van der Waals surface area contributed by atoms with E-state index in [2.05, 4.69) is 62.5 Å². The molecule has 0 fully saturated rings. The number of carbonyl (C=O) groups is 1. The fourth-order valence-electron chi connectivity index (χ4n) is 6.07. The number of hydrogen-bond acceptors (Lipinski definition) is 3. The predicted octanol–water partition coefficient (Wildman–Crippen LogP) is 10.2. The molecule has 0 unspecified atom stereocenters. The topological polar surface area (TPSA) is 38.3 Å². The number of anilines is 1. The van der Waals surface area contributed by atoms with Gasteiger partial charge in [0.1, 0.15) is 5.75 Å². The Morgan fingerprint density at radius 1 is 0.974 bits per heavy atom. The molecule has 3 aromatic rings. The summed E-state index contributed by atoms with van der Waals surface area (Å²) in [5, 5.41) is 7.06. The van der Waals surface area contributed by atoms with E-state index >= 15 is 0 Å². The first kappa shape index (κ1) is 27.1. The Morgan fingerprint density at radius 2 is 1.74 bits per heavy atom. The van der Waals surface area contributed by atoms with Crippen LogP contribution in [0, 0.1) is 5.41 Å². The molecule has 1 atom stereocenters. The first-order valence-electron chi connectivity index (χ1n) is 14.0. The van der Waals surface area contributed by atoms with E-state index in [9.17, 15) is 4.79 Å². The number of allylic oxidation sites excluding steroid dienone is 1. The lowest BCUT2D eigenvalue weighted by Gasteiger charge is -2.40. The zero-order valence-electron chi connectivity index (χ0n) is 22.6. The second-order valence-corrected chi connectivity index (χ2v) is 12.4. The van der Waals surface area contributed by atoms with Crippen LogP contribution < -0.4 is 10.1 Å². The summed E-state index contributed by atoms with van der Waals surface area (Å²) in [7, 11) is 0. The third-order valence-electron chi connectivity index (χ3n) is 7.83. The van der Waals surface area contributed by atoms with Gasteiger partial charge in [-0.05, 0) is 52.8 Å². The zero-order valence-corrected chi connectivity index (χ0v) is 24.1. The van der Waals surface area contributed by atoms with Gasteiger partial charge in [0.15, 0.2) is 5.78 Å². The lowest BCUT2D eigenvalue weighted by Crippen LogP contribution is -2.33. The molecule has 1 aliphatic carbocycles. The number of benzene rings is 3. The first-order valence-corrected chi connectivity index (χ1v) is 14.7. The maximum atomic E-state index is 13.8. The Bertz CT molecular complexity index is 1390. The number of hydrogen-bond donors (Lipinski definition) is 1. The number of Topliss-reactive ketones (excluding diaryl/α,β-unsaturated/α-hetero) is 1. The second kappa shape index (κ2) is 11.3. The Hall–Kier alpha value is -2.49. The van der Waals surface area contributed by atoms with Crippen LogP contribution in [0.25, 0.3) is 16.3 Å². The summed E-state index contributed by atoms with van der Waals surface area (Å²) in [5.74, 6) is 0.793. The smallest absolute Gasteiger partial charge is 0.162 e. The fourth-order valence-corrected chi connectivity index (χ4v) is 6.64. The molecule has 0 aromatic heterocycles. The second-order valence-electron chi connectivity index (χ2n) is 11.5. The average molecular weight is 551 g/mol. The number of ether oxygens (including phenoxy) is 1. The molecule has 0 bridgehead atoms. The van der Waals surface area contributed by atoms with Crippen LogP contribution in [0.3, 0.4) is 0 Å². The van der Waals surface area contributed by atoms with E-state index in [0.717, 1.165) is 52.6 Å². The highest BCUT2D eigenvalue weighted by atomic mass is 35.5. The minimum absolute atomic E-state index is 0.116. The number of ketones is 1. The van der Waals surface area contributed by atoms with Crippen molar-refractivity contribution in [1.29, 1.82) is 0 Å². The molecule has 1 aliphatic heterocycles. The van der Waals surface area contributed by atoms with Crippen LogP contribution in [-0.4, -0.2) is 12.4 Å². The Labute approximate surface area is 236 Å². The van der Waals surface area contributed by atoms with E-state index in [1.54, 1.807) is 6.07 Å². The van der Waals surface area contributed by atoms with Crippen LogP contribution >= 0.6 is 23.2 Å². The van der Waals surface area contributed by atoms with Gasteiger partial charge in [-0.3, -0.25) is 4.79 Å². The molecule has 1 N–H and O–H groups in total. The molecule has 38 heavy (non-hydrogen) atoms. The summed E-state index contributed by atoms with van der Waals surface area (Å²) in [6.45, 7) is 7.18. The SMILES string of the molecule is CCCCCCCCOc1c(Cl)cc(Cl)cc1[C@H]1Nc2ccc3ccccc3c2C2=C1C(=O)CC(C)(C)C2. The highest BCUT2D eigenvalue weighted by Gasteiger charge is 2.41. The number of unbranched alkanes of at least 4 members (excludes halogenated alkanes) is 5. The number of rotatable bonds is 9. The third kappa shape index (κ3) is 5.46. The summed E-state index contributed by atoms with van der Waals surface area (Å²) in [6.07, 6.45) is 8.43. The van der Waals surface area contributed by atoms with E-state index in [0.29, 0.717) is 28.8 Å². The molecule has 0 spiro atoms. The lowest BCUT2D eigenvalue weighted by atomic mass is 9.68. The Morgan fingerprint density at radius 3 is 2.55 bits per heavy atom. The predicted molar refractivity (Wildman–Crippen MR) is 161 cm³/mol. The number of nitrogens with one attached hydrogen (secondary N) is 1. The van der Waals surface area contributed by atoms with Crippen LogP contribution in [0.15, 0.2) is 54.1 Å². The van der Waals surface area contributed by atoms with Crippen molar-refractivity contribution in [2.45, 2.75) is 78.2 Å². The van der Waals surface area contributed by atoms with Crippen molar-refractivity contribution in [1.82, 2.24) is 0 Å². The molecule has 5 heteroatoms. The standard InChI is InChI=1S/C33H37Cl2NO2/c1-4-5-6-7-8-11-16-38-32-24(17-22(34)18-26(32)35)31-30-25(19-33(2,3)20-28(30)37)29-23-13-10-9-12-21(23)14-15-27(29)36-31/h9-10,12-15,17-18,31,36H,4-8,11,16,19-20H2,1-3H3/t31-/m1/s1. The quantitative estimate of drug-likeness (QED) is 0.269. The molecule has 200 valence electrons. The molecule has 0 saturated heterocycles. The molecular formula is C33H37Cl2NO2. The van der Waals surface area contributed by atoms with Crippen molar-refractivity contribution in [3.8, 4) is 5.75 Å². The molecule has 0 amide bonds. The molecule has 1 heterocycles. The van der Waals surface area contributed by atoms with Crippen molar-refractivity contribution in [2.24, 2.45) is 5.41 Å². The maximum absolute atomic E-state index is 13.8. The lowest BCUT2D eigenvalue weighted by molar-refractivity contribution is -0.118. The molecule has 5 rings (SSSR count). The minimum atomic E-state index is -0.377. The fraction of sp³-hybridized carbons (Fsp3) is 0.424. The van der Waals surface area contributed by atoms with Crippen molar-refractivity contribution >= 4 is 51.0 Å². The Balaban J connectivity index is 1.56. The summed E-state index contributed by atoms with van der Waals surface area (Å²) in [6, 6.07) is 15.9. The monoisotopic (exact) mass is 549 g/mol. The van der Waals surface area contributed by atoms with Crippen molar-refractivity contribution < 1.29 is 9.53 Å². The van der Waals surface area contributed by atoms with Gasteiger partial charge in [-0.15, -0.1) is 0 Å². The van der Waals surface area contributed by atoms with Gasteiger partial charge in [-0.1, -0.05) is 106 Å². The van der Waals surface area contributed by atoms with E-state index in [-0.39, 0.29) is 17.2 Å². The van der Waals surface area contributed by atoms with E-state index < -0.39 is 0 Å². The van der Waals surface area contributed by atoms with Gasteiger partial charge in [0.05, 0.1) is 17.7 Å². The van der Waals surface area contributed by atoms with Crippen LogP contribution in [0.1, 0.15) is 89.3 Å². The molecular weight excluding hydrogens is 513 g/mol. The highest BCUT2D eigenvalue weighted by molar-refractivity contribution is 6.35. The van der Waals surface area contributed by atoms with Gasteiger partial charge in [-0.25, -0.2) is 0 Å². The number of fused-ring (bicyclic) bond motifs is 4. The largest absolute Gasteiger partial charge is 0.492 e. The summed E-state index contributed by atoms with van der Waals surface area (Å²) in [5.41, 5.74) is 4.81. The van der Waals surface area contributed by atoms with E-state index in [1.807, 2.05) is 6.07 Å². The van der Waals surface area contributed by atoms with Crippen molar-refractivity contribution in [3.05, 3.63) is 75.3 Å². The normalized spacial score (nSPS) is 18.2. The van der Waals surface area contributed by atoms with Crippen LogP contribution in [0.2, 0.25) is 10.0 Å². The maximum Gasteiger partial charge on any atom is 0.162 e. The summed E-state index contributed by atoms with van der Waals surface area (Å²) >= 11 is 13.3. The Kier molecular flexibility index (Phi) is 8.07. The van der Waals surface area contributed by atoms with Gasteiger partial charge >= 0.3 is 0 Å². The van der Waals surface area contributed by atoms with Crippen molar-refractivity contribution in [2.75, 3.05) is 11.9 Å². The molecule has 2 aliphatic rings. The summed E-state index contributed by atoms with van der Waals surface area (Å²) < 4.78 is 6.33.